The molecule has 0 spiro atoms. The van der Waals surface area contributed by atoms with Crippen molar-refractivity contribution in [2.24, 2.45) is 11.8 Å². The van der Waals surface area contributed by atoms with Gasteiger partial charge >= 0.3 is 6.18 Å². The van der Waals surface area contributed by atoms with Crippen molar-refractivity contribution < 1.29 is 36.2 Å². The van der Waals surface area contributed by atoms with Gasteiger partial charge in [-0.25, -0.2) is 22.9 Å². The third-order valence-electron chi connectivity index (χ3n) is 7.47. The van der Waals surface area contributed by atoms with Crippen molar-refractivity contribution in [2.45, 2.75) is 82.5 Å². The largest absolute Gasteiger partial charge is 0.389 e. The number of carbonyl (C=O) groups excluding carboxylic acids is 2. The van der Waals surface area contributed by atoms with E-state index in [-0.39, 0.29) is 48.9 Å². The number of rotatable bonds is 9. The Hall–Kier alpha value is -3.65. The predicted molar refractivity (Wildman–Crippen MR) is 128 cm³/mol. The highest BCUT2D eigenvalue weighted by atomic mass is 19.4. The molecular weight excluding hydrogens is 541 g/mol. The molecule has 2 fully saturated rings. The number of nitrogens with one attached hydrogen (secondary N) is 2. The summed E-state index contributed by atoms with van der Waals surface area (Å²) in [5, 5.41) is 17.2. The van der Waals surface area contributed by atoms with Crippen molar-refractivity contribution in [3.63, 3.8) is 0 Å². The molecule has 2 atom stereocenters. The molecule has 5 rings (SSSR count). The molecule has 2 aliphatic carbocycles. The van der Waals surface area contributed by atoms with Crippen LogP contribution in [0.2, 0.25) is 0 Å². The summed E-state index contributed by atoms with van der Waals surface area (Å²) in [5.41, 5.74) is 1.62. The van der Waals surface area contributed by atoms with E-state index in [2.05, 4.69) is 35.7 Å². The molecule has 3 aromatic rings. The fourth-order valence-electron chi connectivity index (χ4n) is 5.11. The van der Waals surface area contributed by atoms with E-state index in [9.17, 15) is 31.5 Å². The number of fused-ring (bicyclic) bond motifs is 1. The maximum absolute atomic E-state index is 13.9. The first-order valence-corrected chi connectivity index (χ1v) is 13.1. The lowest BCUT2D eigenvalue weighted by molar-refractivity contribution is -0.144. The Balaban J connectivity index is 1.39. The number of aromatic nitrogens is 5. The van der Waals surface area contributed by atoms with Crippen LogP contribution in [0.4, 0.5) is 22.0 Å². The lowest BCUT2D eigenvalue weighted by Gasteiger charge is -2.33. The predicted octanol–water partition coefficient (Wildman–Crippen LogP) is 4.63. The van der Waals surface area contributed by atoms with Crippen LogP contribution in [-0.4, -0.2) is 48.8 Å². The molecule has 3 heterocycles. The van der Waals surface area contributed by atoms with Crippen LogP contribution in [0.1, 0.15) is 90.9 Å². The van der Waals surface area contributed by atoms with Crippen LogP contribution in [0.15, 0.2) is 23.1 Å². The molecule has 2 N–H and O–H groups in total. The smallest absolute Gasteiger partial charge is 0.349 e. The minimum absolute atomic E-state index is 0.0242. The highest BCUT2D eigenvalue weighted by Crippen LogP contribution is 2.43. The number of hydrogen-bond donors (Lipinski definition) is 2. The maximum Gasteiger partial charge on any atom is 0.389 e. The van der Waals surface area contributed by atoms with Crippen LogP contribution < -0.4 is 10.6 Å². The molecule has 2 amide bonds. The zero-order chi connectivity index (χ0) is 28.7. The van der Waals surface area contributed by atoms with E-state index in [0.717, 1.165) is 12.8 Å². The topological polar surface area (TPSA) is 127 Å². The monoisotopic (exact) mass is 569 g/mol. The van der Waals surface area contributed by atoms with E-state index in [1.165, 1.54) is 10.7 Å². The van der Waals surface area contributed by atoms with Crippen LogP contribution >= 0.6 is 0 Å². The summed E-state index contributed by atoms with van der Waals surface area (Å²) < 4.78 is 71.6. The van der Waals surface area contributed by atoms with Gasteiger partial charge in [0.25, 0.3) is 5.91 Å². The summed E-state index contributed by atoms with van der Waals surface area (Å²) in [6, 6.07) is 0.437. The van der Waals surface area contributed by atoms with Crippen LogP contribution in [0.5, 0.6) is 0 Å². The molecule has 0 radical (unpaired) electrons. The Labute approximate surface area is 225 Å². The standard InChI is InChI=1S/C25H28F5N7O3/c1-13-20(36-40-35-13)23(39)34-22(15-4-7-24(26,27)8-5-15)17-12-37-18(32-17)10-16(11-31-37)21(14-2-3-14)33-19(38)6-9-25(28,29)30/h10-12,14-15,21-22H,2-9H2,1H3,(H,33,38)(H,34,39). The van der Waals surface area contributed by atoms with E-state index >= 15 is 0 Å². The number of aryl methyl sites for hydroxylation is 1. The van der Waals surface area contributed by atoms with Crippen LogP contribution in [-0.2, 0) is 4.79 Å². The average molecular weight is 570 g/mol. The normalized spacial score (nSPS) is 19.4. The van der Waals surface area contributed by atoms with Crippen molar-refractivity contribution in [1.29, 1.82) is 0 Å². The van der Waals surface area contributed by atoms with E-state index in [1.54, 1.807) is 19.2 Å². The molecule has 216 valence electrons. The lowest BCUT2D eigenvalue weighted by atomic mass is 9.81. The summed E-state index contributed by atoms with van der Waals surface area (Å²) in [6.45, 7) is 1.55. The van der Waals surface area contributed by atoms with Gasteiger partial charge in [0, 0.05) is 19.3 Å². The minimum Gasteiger partial charge on any atom is -0.349 e. The van der Waals surface area contributed by atoms with Gasteiger partial charge in [-0.2, -0.15) is 18.3 Å². The second-order valence-corrected chi connectivity index (χ2v) is 10.6. The Morgan fingerprint density at radius 3 is 2.42 bits per heavy atom. The highest BCUT2D eigenvalue weighted by molar-refractivity contribution is 5.93. The highest BCUT2D eigenvalue weighted by Gasteiger charge is 2.40. The van der Waals surface area contributed by atoms with E-state index in [1.807, 2.05) is 0 Å². The van der Waals surface area contributed by atoms with Gasteiger partial charge in [0.1, 0.15) is 5.69 Å². The first-order chi connectivity index (χ1) is 18.9. The van der Waals surface area contributed by atoms with Gasteiger partial charge in [0.15, 0.2) is 11.3 Å². The minimum atomic E-state index is -4.43. The SMILES string of the molecule is Cc1nonc1C(=O)NC(c1cn2ncc(C(NC(=O)CCC(F)(F)F)C3CC3)cc2n1)C1CCC(F)(F)CC1. The molecular formula is C25H28F5N7O3. The lowest BCUT2D eigenvalue weighted by Crippen LogP contribution is -2.37. The van der Waals surface area contributed by atoms with Crippen molar-refractivity contribution in [3.05, 3.63) is 41.1 Å². The first kappa shape index (κ1) is 27.9. The maximum atomic E-state index is 13.9. The molecule has 10 nitrogen and oxygen atoms in total. The quantitative estimate of drug-likeness (QED) is 0.360. The number of hydrogen-bond acceptors (Lipinski definition) is 7. The number of alkyl halides is 5. The average Bonchev–Trinajstić information content (AvgIpc) is 3.49. The zero-order valence-electron chi connectivity index (χ0n) is 21.5. The molecule has 0 saturated heterocycles. The van der Waals surface area contributed by atoms with Gasteiger partial charge < -0.3 is 10.6 Å². The zero-order valence-corrected chi connectivity index (χ0v) is 21.5. The van der Waals surface area contributed by atoms with Gasteiger partial charge in [-0.1, -0.05) is 5.16 Å². The Kier molecular flexibility index (Phi) is 7.48. The number of nitrogens with zero attached hydrogens (tertiary/aromatic N) is 5. The fourth-order valence-corrected chi connectivity index (χ4v) is 5.11. The molecule has 0 aliphatic heterocycles. The summed E-state index contributed by atoms with van der Waals surface area (Å²) in [6.07, 6.45) is -1.88. The number of amides is 2. The van der Waals surface area contributed by atoms with E-state index < -0.39 is 48.8 Å². The second kappa shape index (κ2) is 10.7. The third-order valence-corrected chi connectivity index (χ3v) is 7.47. The van der Waals surface area contributed by atoms with Crippen molar-refractivity contribution in [3.8, 4) is 0 Å². The summed E-state index contributed by atoms with van der Waals surface area (Å²) in [7, 11) is 0. The fraction of sp³-hybridized carbons (Fsp3) is 0.600. The van der Waals surface area contributed by atoms with Gasteiger partial charge in [0.05, 0.1) is 36.6 Å². The van der Waals surface area contributed by atoms with Crippen molar-refractivity contribution in [2.75, 3.05) is 0 Å². The summed E-state index contributed by atoms with van der Waals surface area (Å²) in [4.78, 5) is 29.8. The van der Waals surface area contributed by atoms with Gasteiger partial charge in [-0.05, 0) is 61.2 Å². The Morgan fingerprint density at radius 1 is 1.10 bits per heavy atom. The second-order valence-electron chi connectivity index (χ2n) is 10.6. The van der Waals surface area contributed by atoms with Gasteiger partial charge in [-0.15, -0.1) is 0 Å². The van der Waals surface area contributed by atoms with Gasteiger partial charge in [-0.3, -0.25) is 9.59 Å². The number of carbonyl (C=O) groups is 2. The molecule has 40 heavy (non-hydrogen) atoms. The van der Waals surface area contributed by atoms with E-state index in [4.69, 9.17) is 0 Å². The van der Waals surface area contributed by atoms with Gasteiger partial charge in [0.2, 0.25) is 11.8 Å². The third kappa shape index (κ3) is 6.55. The Morgan fingerprint density at radius 2 is 1.80 bits per heavy atom. The molecule has 0 aromatic carbocycles. The molecule has 2 saturated carbocycles. The van der Waals surface area contributed by atoms with Crippen LogP contribution in [0.3, 0.4) is 0 Å². The van der Waals surface area contributed by atoms with Crippen LogP contribution in [0, 0.1) is 18.8 Å². The van der Waals surface area contributed by atoms with Crippen molar-refractivity contribution >= 4 is 17.5 Å². The van der Waals surface area contributed by atoms with Crippen LogP contribution in [0.25, 0.3) is 5.65 Å². The number of imidazole rings is 1. The number of halogens is 5. The molecule has 3 aromatic heterocycles. The summed E-state index contributed by atoms with van der Waals surface area (Å²) >= 11 is 0. The molecule has 2 aliphatic rings. The first-order valence-electron chi connectivity index (χ1n) is 13.1. The summed E-state index contributed by atoms with van der Waals surface area (Å²) in [5.74, 6) is -4.31. The molecule has 15 heteroatoms. The molecule has 2 unspecified atom stereocenters. The van der Waals surface area contributed by atoms with E-state index in [0.29, 0.717) is 16.9 Å². The van der Waals surface area contributed by atoms with Crippen molar-refractivity contribution in [1.82, 2.24) is 35.5 Å². The Bertz CT molecular complexity index is 1370. The molecule has 0 bridgehead atoms.